The molecule has 0 radical (unpaired) electrons. The van der Waals surface area contributed by atoms with Gasteiger partial charge in [-0.15, -0.1) is 10.2 Å². The van der Waals surface area contributed by atoms with Crippen LogP contribution in [0.5, 0.6) is 0 Å². The van der Waals surface area contributed by atoms with Crippen molar-refractivity contribution in [1.82, 2.24) is 9.55 Å². The molecule has 0 saturated heterocycles. The van der Waals surface area contributed by atoms with E-state index in [1.54, 1.807) is 6.33 Å². The van der Waals surface area contributed by atoms with E-state index in [-0.39, 0.29) is 0 Å². The zero-order valence-corrected chi connectivity index (χ0v) is 9.99. The third-order valence-corrected chi connectivity index (χ3v) is 2.72. The molecule has 0 atom stereocenters. The lowest BCUT2D eigenvalue weighted by Crippen LogP contribution is -1.76. The molecule has 3 rings (SSSR count). The van der Waals surface area contributed by atoms with E-state index in [2.05, 4.69) is 27.3 Å². The molecule has 1 heterocycles. The van der Waals surface area contributed by atoms with E-state index < -0.39 is 0 Å². The summed E-state index contributed by atoms with van der Waals surface area (Å²) in [7, 11) is 1.91. The van der Waals surface area contributed by atoms with Crippen molar-refractivity contribution in [3.05, 3.63) is 55.0 Å². The highest BCUT2D eigenvalue weighted by Crippen LogP contribution is 2.26. The second-order valence-electron chi connectivity index (χ2n) is 4.10. The highest BCUT2D eigenvalue weighted by atomic mass is 15.2. The van der Waals surface area contributed by atoms with E-state index in [4.69, 9.17) is 0 Å². The monoisotopic (exact) mass is 236 g/mol. The van der Waals surface area contributed by atoms with Crippen molar-refractivity contribution in [3.63, 3.8) is 0 Å². The zero-order valence-electron chi connectivity index (χ0n) is 9.99. The van der Waals surface area contributed by atoms with Gasteiger partial charge in [0, 0.05) is 12.4 Å². The van der Waals surface area contributed by atoms with Crippen LogP contribution in [0.15, 0.2) is 65.2 Å². The van der Waals surface area contributed by atoms with Crippen molar-refractivity contribution >= 4 is 22.3 Å². The first-order valence-corrected chi connectivity index (χ1v) is 5.70. The number of hydrogen-bond acceptors (Lipinski definition) is 3. The van der Waals surface area contributed by atoms with E-state index in [0.717, 1.165) is 16.5 Å². The normalized spacial score (nSPS) is 11.4. The van der Waals surface area contributed by atoms with Crippen LogP contribution in [0.4, 0.5) is 11.5 Å². The summed E-state index contributed by atoms with van der Waals surface area (Å²) in [4.78, 5) is 4.11. The van der Waals surface area contributed by atoms with Gasteiger partial charge in [-0.3, -0.25) is 0 Å². The predicted octanol–water partition coefficient (Wildman–Crippen LogP) is 3.99. The molecule has 0 bridgehead atoms. The first-order valence-electron chi connectivity index (χ1n) is 5.70. The number of aromatic nitrogens is 2. The molecule has 0 saturated carbocycles. The maximum absolute atomic E-state index is 4.27. The lowest BCUT2D eigenvalue weighted by atomic mass is 10.1. The molecule has 88 valence electrons. The molecule has 0 amide bonds. The molecule has 2 aromatic carbocycles. The molecule has 0 unspecified atom stereocenters. The Labute approximate surface area is 105 Å². The van der Waals surface area contributed by atoms with E-state index in [1.165, 1.54) is 0 Å². The fourth-order valence-corrected chi connectivity index (χ4v) is 1.85. The van der Waals surface area contributed by atoms with Gasteiger partial charge in [-0.1, -0.05) is 36.4 Å². The lowest BCUT2D eigenvalue weighted by molar-refractivity contribution is 0.913. The number of imidazole rings is 1. The third-order valence-electron chi connectivity index (χ3n) is 2.72. The van der Waals surface area contributed by atoms with Gasteiger partial charge < -0.3 is 4.57 Å². The largest absolute Gasteiger partial charge is 0.338 e. The number of benzene rings is 2. The second-order valence-corrected chi connectivity index (χ2v) is 4.10. The molecule has 3 aromatic rings. The van der Waals surface area contributed by atoms with Gasteiger partial charge in [-0.05, 0) is 11.5 Å². The van der Waals surface area contributed by atoms with Gasteiger partial charge in [-0.25, -0.2) is 4.98 Å². The first-order chi connectivity index (χ1) is 8.83. The summed E-state index contributed by atoms with van der Waals surface area (Å²) in [5.41, 5.74) is 0.860. The van der Waals surface area contributed by atoms with Gasteiger partial charge in [0.2, 0.25) is 0 Å². The van der Waals surface area contributed by atoms with Gasteiger partial charge >= 0.3 is 0 Å². The highest BCUT2D eigenvalue weighted by molar-refractivity contribution is 5.92. The molecule has 0 aliphatic heterocycles. The number of fused-ring (bicyclic) bond motifs is 1. The maximum atomic E-state index is 4.27. The zero-order chi connectivity index (χ0) is 12.4. The number of rotatable bonds is 2. The minimum absolute atomic E-state index is 0.616. The Bertz CT molecular complexity index is 707. The van der Waals surface area contributed by atoms with E-state index in [0.29, 0.717) is 5.82 Å². The molecule has 0 aliphatic rings. The molecule has 1 aromatic heterocycles. The van der Waals surface area contributed by atoms with E-state index in [1.807, 2.05) is 48.1 Å². The molecule has 0 aliphatic carbocycles. The number of nitrogens with zero attached hydrogens (tertiary/aromatic N) is 4. The smallest absolute Gasteiger partial charge is 0.192 e. The SMILES string of the molecule is Cn1cnc(N=Nc2cccc3ccccc23)c1. The van der Waals surface area contributed by atoms with Gasteiger partial charge in [0.15, 0.2) is 5.82 Å². The fourth-order valence-electron chi connectivity index (χ4n) is 1.85. The quantitative estimate of drug-likeness (QED) is 0.620. The van der Waals surface area contributed by atoms with Crippen molar-refractivity contribution in [2.75, 3.05) is 0 Å². The summed E-state index contributed by atoms with van der Waals surface area (Å²) in [6.45, 7) is 0. The van der Waals surface area contributed by atoms with Crippen molar-refractivity contribution in [3.8, 4) is 0 Å². The third kappa shape index (κ3) is 2.00. The van der Waals surface area contributed by atoms with E-state index in [9.17, 15) is 0 Å². The predicted molar refractivity (Wildman–Crippen MR) is 71.3 cm³/mol. The van der Waals surface area contributed by atoms with Crippen molar-refractivity contribution < 1.29 is 0 Å². The van der Waals surface area contributed by atoms with Crippen molar-refractivity contribution in [1.29, 1.82) is 0 Å². The Balaban J connectivity index is 2.02. The Morgan fingerprint density at radius 3 is 2.67 bits per heavy atom. The lowest BCUT2D eigenvalue weighted by Gasteiger charge is -1.99. The summed E-state index contributed by atoms with van der Waals surface area (Å²) in [6.07, 6.45) is 3.53. The Kier molecular flexibility index (Phi) is 2.61. The van der Waals surface area contributed by atoms with Crippen LogP contribution in [0, 0.1) is 0 Å². The standard InChI is InChI=1S/C14H12N4/c1-18-9-14(15-10-18)17-16-13-8-4-6-11-5-2-3-7-12(11)13/h2-10H,1H3. The molecule has 4 nitrogen and oxygen atoms in total. The highest BCUT2D eigenvalue weighted by Gasteiger charge is 1.99. The van der Waals surface area contributed by atoms with Crippen LogP contribution in [0.25, 0.3) is 10.8 Å². The average Bonchev–Trinajstić information content (AvgIpc) is 2.82. The molecule has 0 N–H and O–H groups in total. The summed E-state index contributed by atoms with van der Waals surface area (Å²) in [5, 5.41) is 10.7. The van der Waals surface area contributed by atoms with Crippen LogP contribution in [0.2, 0.25) is 0 Å². The number of azo groups is 1. The van der Waals surface area contributed by atoms with Crippen LogP contribution < -0.4 is 0 Å². The van der Waals surface area contributed by atoms with Crippen molar-refractivity contribution in [2.45, 2.75) is 0 Å². The molecule has 18 heavy (non-hydrogen) atoms. The summed E-state index contributed by atoms with van der Waals surface area (Å²) in [6, 6.07) is 14.1. The summed E-state index contributed by atoms with van der Waals surface area (Å²) >= 11 is 0. The number of aryl methyl sites for hydroxylation is 1. The van der Waals surface area contributed by atoms with Crippen LogP contribution in [0.1, 0.15) is 0 Å². The summed E-state index contributed by atoms with van der Waals surface area (Å²) < 4.78 is 1.84. The van der Waals surface area contributed by atoms with Crippen LogP contribution in [0.3, 0.4) is 0 Å². The Morgan fingerprint density at radius 1 is 1.00 bits per heavy atom. The molecular weight excluding hydrogens is 224 g/mol. The Morgan fingerprint density at radius 2 is 1.83 bits per heavy atom. The first kappa shape index (κ1) is 10.7. The van der Waals surface area contributed by atoms with Gasteiger partial charge in [-0.2, -0.15) is 0 Å². The minimum atomic E-state index is 0.616. The fraction of sp³-hybridized carbons (Fsp3) is 0.0714. The van der Waals surface area contributed by atoms with Gasteiger partial charge in [0.1, 0.15) is 0 Å². The minimum Gasteiger partial charge on any atom is -0.338 e. The van der Waals surface area contributed by atoms with Crippen LogP contribution in [-0.2, 0) is 7.05 Å². The van der Waals surface area contributed by atoms with Gasteiger partial charge in [0.05, 0.1) is 18.2 Å². The molecule has 0 spiro atoms. The van der Waals surface area contributed by atoms with Crippen molar-refractivity contribution in [2.24, 2.45) is 17.3 Å². The van der Waals surface area contributed by atoms with Crippen LogP contribution in [-0.4, -0.2) is 9.55 Å². The molecule has 0 fully saturated rings. The van der Waals surface area contributed by atoms with Gasteiger partial charge in [0.25, 0.3) is 0 Å². The topological polar surface area (TPSA) is 42.5 Å². The van der Waals surface area contributed by atoms with E-state index >= 15 is 0 Å². The van der Waals surface area contributed by atoms with Crippen LogP contribution >= 0.6 is 0 Å². The Hall–Kier alpha value is -2.49. The maximum Gasteiger partial charge on any atom is 0.192 e. The number of hydrogen-bond donors (Lipinski definition) is 0. The average molecular weight is 236 g/mol. The summed E-state index contributed by atoms with van der Waals surface area (Å²) in [5.74, 6) is 0.616. The second kappa shape index (κ2) is 4.41. The molecule has 4 heteroatoms. The molecular formula is C14H12N4.